The van der Waals surface area contributed by atoms with Crippen LogP contribution in [0.15, 0.2) is 41.3 Å². The van der Waals surface area contributed by atoms with Crippen molar-refractivity contribution in [1.82, 2.24) is 19.7 Å². The summed E-state index contributed by atoms with van der Waals surface area (Å²) in [7, 11) is -4.07. The Morgan fingerprint density at radius 2 is 1.79 bits per heavy atom. The van der Waals surface area contributed by atoms with Crippen LogP contribution in [0.5, 0.6) is 0 Å². The maximum Gasteiger partial charge on any atom is 0.250 e. The Balaban J connectivity index is 1.71. The lowest BCUT2D eigenvalue weighted by molar-refractivity contribution is -0.0570. The Morgan fingerprint density at radius 1 is 1.09 bits per heavy atom. The highest BCUT2D eigenvalue weighted by Crippen LogP contribution is 2.28. The number of benzene rings is 2. The second-order valence-corrected chi connectivity index (χ2v) is 10.3. The van der Waals surface area contributed by atoms with Gasteiger partial charge in [-0.05, 0) is 43.2 Å². The largest absolute Gasteiger partial charge is 0.295 e. The van der Waals surface area contributed by atoms with Crippen LogP contribution in [0.2, 0.25) is 0 Å². The van der Waals surface area contributed by atoms with Crippen LogP contribution in [0.3, 0.4) is 0 Å². The molecule has 2 aromatic carbocycles. The molecule has 4 rings (SSSR count). The average Bonchev–Trinajstić information content (AvgIpc) is 3.13. The number of hydrogen-bond acceptors (Lipinski definition) is 5. The molecule has 0 amide bonds. The minimum absolute atomic E-state index is 0.0247. The highest BCUT2D eigenvalue weighted by Gasteiger charge is 2.34. The molecule has 2 N–H and O–H groups in total. The van der Waals surface area contributed by atoms with Gasteiger partial charge in [-0.3, -0.25) is 4.90 Å². The van der Waals surface area contributed by atoms with Crippen molar-refractivity contribution in [3.63, 3.8) is 0 Å². The van der Waals surface area contributed by atoms with E-state index in [4.69, 9.17) is 5.14 Å². The SMILES string of the molecule is Cc1ccc(C)c(Cc2nc(CN3CCC(F)(F)CC3)nn2-c2ccc(S(N)(=O)=O)cc2F)c1. The summed E-state index contributed by atoms with van der Waals surface area (Å²) >= 11 is 0. The van der Waals surface area contributed by atoms with Crippen molar-refractivity contribution in [2.45, 2.75) is 50.5 Å². The molecule has 3 aromatic rings. The fraction of sp³-hybridized carbons (Fsp3) is 0.391. The van der Waals surface area contributed by atoms with Crippen LogP contribution in [0.25, 0.3) is 5.69 Å². The van der Waals surface area contributed by atoms with Crippen LogP contribution >= 0.6 is 0 Å². The molecule has 1 saturated heterocycles. The number of aromatic nitrogens is 3. The quantitative estimate of drug-likeness (QED) is 0.567. The number of halogens is 3. The van der Waals surface area contributed by atoms with Gasteiger partial charge >= 0.3 is 0 Å². The Labute approximate surface area is 196 Å². The van der Waals surface area contributed by atoms with E-state index in [0.29, 0.717) is 18.1 Å². The number of sulfonamides is 1. The fourth-order valence-electron chi connectivity index (χ4n) is 4.00. The summed E-state index contributed by atoms with van der Waals surface area (Å²) in [6.07, 6.45) is -0.103. The molecule has 182 valence electrons. The first kappa shape index (κ1) is 24.4. The van der Waals surface area contributed by atoms with Gasteiger partial charge in [0.25, 0.3) is 5.92 Å². The molecule has 1 aromatic heterocycles. The molecule has 34 heavy (non-hydrogen) atoms. The van der Waals surface area contributed by atoms with Crippen molar-refractivity contribution in [3.8, 4) is 5.69 Å². The lowest BCUT2D eigenvalue weighted by Gasteiger charge is -2.30. The van der Waals surface area contributed by atoms with Crippen molar-refractivity contribution >= 4 is 10.0 Å². The smallest absolute Gasteiger partial charge is 0.250 e. The first-order valence-electron chi connectivity index (χ1n) is 10.9. The van der Waals surface area contributed by atoms with Crippen LogP contribution in [0.4, 0.5) is 13.2 Å². The minimum Gasteiger partial charge on any atom is -0.295 e. The number of piperidine rings is 1. The molecule has 1 aliphatic rings. The van der Waals surface area contributed by atoms with Gasteiger partial charge in [-0.1, -0.05) is 23.8 Å². The standard InChI is InChI=1S/C23H26F3N5O2S/c1-15-3-4-16(2)17(11-15)12-22-28-21(14-30-9-7-23(25,26)8-10-30)29-31(22)20-6-5-18(13-19(20)24)34(27,32)33/h3-6,11,13H,7-10,12,14H2,1-2H3,(H2,27,32,33). The number of hydrogen-bond donors (Lipinski definition) is 1. The van der Waals surface area contributed by atoms with Crippen LogP contribution in [-0.2, 0) is 23.0 Å². The zero-order valence-corrected chi connectivity index (χ0v) is 19.7. The lowest BCUT2D eigenvalue weighted by Crippen LogP contribution is -2.39. The van der Waals surface area contributed by atoms with Gasteiger partial charge in [-0.2, -0.15) is 0 Å². The predicted molar refractivity (Wildman–Crippen MR) is 121 cm³/mol. The van der Waals surface area contributed by atoms with E-state index >= 15 is 0 Å². The molecule has 0 saturated carbocycles. The van der Waals surface area contributed by atoms with Crippen LogP contribution in [-0.4, -0.2) is 47.1 Å². The van der Waals surface area contributed by atoms with E-state index in [-0.39, 0.29) is 43.1 Å². The fourth-order valence-corrected chi connectivity index (χ4v) is 4.53. The monoisotopic (exact) mass is 493 g/mol. The van der Waals surface area contributed by atoms with Crippen LogP contribution < -0.4 is 5.14 Å². The Hall–Kier alpha value is -2.76. The normalized spacial score (nSPS) is 16.6. The molecule has 0 spiro atoms. The topological polar surface area (TPSA) is 94.1 Å². The average molecular weight is 494 g/mol. The first-order chi connectivity index (χ1) is 15.9. The maximum absolute atomic E-state index is 15.0. The zero-order chi connectivity index (χ0) is 24.7. The van der Waals surface area contributed by atoms with E-state index in [1.807, 2.05) is 36.9 Å². The highest BCUT2D eigenvalue weighted by atomic mass is 32.2. The van der Waals surface area contributed by atoms with Crippen molar-refractivity contribution < 1.29 is 21.6 Å². The third kappa shape index (κ3) is 5.48. The second kappa shape index (κ2) is 9.12. The second-order valence-electron chi connectivity index (χ2n) is 8.75. The molecule has 1 aliphatic heterocycles. The molecule has 2 heterocycles. The van der Waals surface area contributed by atoms with Crippen molar-refractivity contribution in [3.05, 3.63) is 70.6 Å². The summed E-state index contributed by atoms with van der Waals surface area (Å²) in [6.45, 7) is 4.61. The maximum atomic E-state index is 15.0. The van der Waals surface area contributed by atoms with Gasteiger partial charge in [0.15, 0.2) is 5.82 Å². The van der Waals surface area contributed by atoms with Gasteiger partial charge in [-0.15, -0.1) is 5.10 Å². The van der Waals surface area contributed by atoms with Gasteiger partial charge in [0.05, 0.1) is 11.4 Å². The molecular formula is C23H26F3N5O2S. The van der Waals surface area contributed by atoms with E-state index in [2.05, 4.69) is 10.1 Å². The number of likely N-dealkylation sites (tertiary alicyclic amines) is 1. The Kier molecular flexibility index (Phi) is 6.54. The lowest BCUT2D eigenvalue weighted by atomic mass is 10.0. The summed E-state index contributed by atoms with van der Waals surface area (Å²) in [6, 6.07) is 9.35. The summed E-state index contributed by atoms with van der Waals surface area (Å²) in [5, 5.41) is 9.58. The molecule has 0 atom stereocenters. The number of nitrogens with two attached hydrogens (primary N) is 1. The molecule has 0 aliphatic carbocycles. The van der Waals surface area contributed by atoms with E-state index in [1.54, 1.807) is 0 Å². The number of rotatable bonds is 6. The number of nitrogens with zero attached hydrogens (tertiary/aromatic N) is 4. The Morgan fingerprint density at radius 3 is 2.44 bits per heavy atom. The van der Waals surface area contributed by atoms with E-state index in [1.165, 1.54) is 16.8 Å². The molecule has 11 heteroatoms. The summed E-state index contributed by atoms with van der Waals surface area (Å²) in [4.78, 5) is 6.11. The Bertz CT molecular complexity index is 1310. The van der Waals surface area contributed by atoms with Gasteiger partial charge < -0.3 is 0 Å². The van der Waals surface area contributed by atoms with Crippen LogP contribution in [0, 0.1) is 19.7 Å². The number of aryl methyl sites for hydroxylation is 2. The van der Waals surface area contributed by atoms with Crippen molar-refractivity contribution in [2.75, 3.05) is 13.1 Å². The molecule has 0 radical (unpaired) electrons. The molecule has 7 nitrogen and oxygen atoms in total. The molecule has 1 fully saturated rings. The van der Waals surface area contributed by atoms with E-state index in [0.717, 1.165) is 22.8 Å². The molecule has 0 bridgehead atoms. The van der Waals surface area contributed by atoms with Gasteiger partial charge in [0.1, 0.15) is 17.3 Å². The third-order valence-electron chi connectivity index (χ3n) is 6.00. The van der Waals surface area contributed by atoms with Gasteiger partial charge in [0, 0.05) is 32.4 Å². The number of primary sulfonamides is 1. The first-order valence-corrected chi connectivity index (χ1v) is 12.4. The van der Waals surface area contributed by atoms with Crippen LogP contribution in [0.1, 0.15) is 41.2 Å². The summed E-state index contributed by atoms with van der Waals surface area (Å²) in [5.74, 6) is -2.65. The van der Waals surface area contributed by atoms with Gasteiger partial charge in [0.2, 0.25) is 10.0 Å². The van der Waals surface area contributed by atoms with E-state index < -0.39 is 21.8 Å². The number of alkyl halides is 2. The third-order valence-corrected chi connectivity index (χ3v) is 6.91. The summed E-state index contributed by atoms with van der Waals surface area (Å²) < 4.78 is 66.6. The van der Waals surface area contributed by atoms with Crippen molar-refractivity contribution in [1.29, 1.82) is 0 Å². The minimum atomic E-state index is -4.07. The molecule has 0 unspecified atom stereocenters. The predicted octanol–water partition coefficient (Wildman–Crippen LogP) is 3.49. The summed E-state index contributed by atoms with van der Waals surface area (Å²) in [5.41, 5.74) is 3.10. The highest BCUT2D eigenvalue weighted by molar-refractivity contribution is 7.89. The van der Waals surface area contributed by atoms with Gasteiger partial charge in [-0.25, -0.2) is 36.4 Å². The van der Waals surface area contributed by atoms with E-state index in [9.17, 15) is 21.6 Å². The zero-order valence-electron chi connectivity index (χ0n) is 18.9. The van der Waals surface area contributed by atoms with Crippen molar-refractivity contribution in [2.24, 2.45) is 5.14 Å². The molecular weight excluding hydrogens is 467 g/mol.